The number of fused-ring (bicyclic) bond motifs is 1. The van der Waals surface area contributed by atoms with Gasteiger partial charge in [-0.3, -0.25) is 0 Å². The van der Waals surface area contributed by atoms with Crippen molar-refractivity contribution in [1.82, 2.24) is 19.3 Å². The summed E-state index contributed by atoms with van der Waals surface area (Å²) in [6.45, 7) is 0. The summed E-state index contributed by atoms with van der Waals surface area (Å²) in [5.74, 6) is 1.16. The first-order chi connectivity index (χ1) is 5.33. The third kappa shape index (κ3) is 0.658. The summed E-state index contributed by atoms with van der Waals surface area (Å²) >= 11 is 0. The van der Waals surface area contributed by atoms with Gasteiger partial charge in [-0.15, -0.1) is 0 Å². The quantitative estimate of drug-likeness (QED) is 0.566. The lowest BCUT2D eigenvalue weighted by Gasteiger charge is -2.01. The van der Waals surface area contributed by atoms with Crippen LogP contribution in [0, 0.1) is 0 Å². The highest BCUT2D eigenvalue weighted by molar-refractivity contribution is 5.39. The second-order valence-electron chi connectivity index (χ2n) is 2.11. The number of anilines is 1. The zero-order chi connectivity index (χ0) is 7.84. The van der Waals surface area contributed by atoms with Crippen LogP contribution in [0.4, 0.5) is 5.82 Å². The molecule has 2 heterocycles. The summed E-state index contributed by atoms with van der Waals surface area (Å²) in [4.78, 5) is 9.59. The van der Waals surface area contributed by atoms with Crippen LogP contribution in [0.3, 0.4) is 0 Å². The number of aromatic nitrogens is 4. The van der Waals surface area contributed by atoms with Gasteiger partial charge in [-0.2, -0.15) is 14.3 Å². The molecular formula is C5H8N6. The van der Waals surface area contributed by atoms with E-state index in [9.17, 15) is 0 Å². The van der Waals surface area contributed by atoms with Crippen LogP contribution in [0.1, 0.15) is 0 Å². The van der Waals surface area contributed by atoms with Crippen LogP contribution in [0.15, 0.2) is 12.5 Å². The molecule has 0 spiro atoms. The van der Waals surface area contributed by atoms with Crippen LogP contribution in [0.5, 0.6) is 0 Å². The summed E-state index contributed by atoms with van der Waals surface area (Å²) in [5, 5.41) is 0. The highest BCUT2D eigenvalue weighted by Crippen LogP contribution is 2.03. The Labute approximate surface area is 62.6 Å². The Balaban J connectivity index is 2.80. The molecule has 0 aromatic carbocycles. The van der Waals surface area contributed by atoms with Gasteiger partial charge < -0.3 is 11.2 Å². The van der Waals surface area contributed by atoms with Crippen molar-refractivity contribution in [3.8, 4) is 0 Å². The Hall–Kier alpha value is -1.72. The Bertz CT molecular complexity index is 371. The highest BCUT2D eigenvalue weighted by Gasteiger charge is 2.03. The van der Waals surface area contributed by atoms with Crippen molar-refractivity contribution in [3.63, 3.8) is 0 Å². The topological polar surface area (TPSA) is 73.2 Å². The van der Waals surface area contributed by atoms with Crippen molar-refractivity contribution in [2.45, 2.75) is 0 Å². The van der Waals surface area contributed by atoms with E-state index < -0.39 is 0 Å². The van der Waals surface area contributed by atoms with E-state index >= 15 is 0 Å². The number of nitrogens with two attached hydrogens (primary N) is 1. The van der Waals surface area contributed by atoms with Gasteiger partial charge in [0.2, 0.25) is 0 Å². The first kappa shape index (κ1) is 6.02. The number of nitrogen functional groups attached to an aromatic ring is 1. The number of nitrogens with zero attached hydrogens (tertiary/aromatic N) is 4. The number of hydrogen-bond donors (Lipinski definition) is 2. The Morgan fingerprint density at radius 2 is 2.36 bits per heavy atom. The van der Waals surface area contributed by atoms with Gasteiger partial charge in [0.1, 0.15) is 12.1 Å². The molecule has 2 rings (SSSR count). The lowest BCUT2D eigenvalue weighted by atomic mass is 10.8. The molecule has 0 radical (unpaired) electrons. The van der Waals surface area contributed by atoms with E-state index in [0.29, 0.717) is 11.6 Å². The molecule has 0 aliphatic rings. The van der Waals surface area contributed by atoms with Crippen LogP contribution in [0.25, 0.3) is 5.78 Å². The molecule has 0 unspecified atom stereocenters. The first-order valence-corrected chi connectivity index (χ1v) is 3.17. The van der Waals surface area contributed by atoms with Crippen LogP contribution in [0.2, 0.25) is 0 Å². The van der Waals surface area contributed by atoms with E-state index in [1.807, 2.05) is 0 Å². The zero-order valence-corrected chi connectivity index (χ0v) is 6.02. The zero-order valence-electron chi connectivity index (χ0n) is 6.02. The number of nitrogens with one attached hydrogen (secondary N) is 1. The van der Waals surface area contributed by atoms with Crippen molar-refractivity contribution in [2.75, 3.05) is 18.2 Å². The summed E-state index contributed by atoms with van der Waals surface area (Å²) in [6, 6.07) is 0. The van der Waals surface area contributed by atoms with E-state index in [0.717, 1.165) is 0 Å². The summed E-state index contributed by atoms with van der Waals surface area (Å²) in [6.07, 6.45) is 3.18. The SMILES string of the molecule is CNn1cnc2ncc(N)n21. The van der Waals surface area contributed by atoms with Gasteiger partial charge in [0.25, 0.3) is 5.78 Å². The Kier molecular flexibility index (Phi) is 1.03. The van der Waals surface area contributed by atoms with Crippen LogP contribution < -0.4 is 11.2 Å². The van der Waals surface area contributed by atoms with Crippen molar-refractivity contribution in [3.05, 3.63) is 12.5 Å². The molecule has 0 aliphatic carbocycles. The van der Waals surface area contributed by atoms with Gasteiger partial charge in [-0.1, -0.05) is 0 Å². The van der Waals surface area contributed by atoms with E-state index in [1.165, 1.54) is 0 Å². The molecular weight excluding hydrogens is 144 g/mol. The molecule has 11 heavy (non-hydrogen) atoms. The van der Waals surface area contributed by atoms with Gasteiger partial charge in [-0.25, -0.2) is 4.98 Å². The second kappa shape index (κ2) is 1.88. The molecule has 0 fully saturated rings. The fourth-order valence-corrected chi connectivity index (χ4v) is 0.973. The fraction of sp³-hybridized carbons (Fsp3) is 0.200. The first-order valence-electron chi connectivity index (χ1n) is 3.17. The van der Waals surface area contributed by atoms with Crippen LogP contribution in [-0.4, -0.2) is 26.3 Å². The Morgan fingerprint density at radius 3 is 3.09 bits per heavy atom. The van der Waals surface area contributed by atoms with E-state index in [-0.39, 0.29) is 0 Å². The number of hydrogen-bond acceptors (Lipinski definition) is 4. The minimum absolute atomic E-state index is 0.562. The fourth-order valence-electron chi connectivity index (χ4n) is 0.973. The molecule has 0 bridgehead atoms. The normalized spacial score (nSPS) is 10.6. The maximum atomic E-state index is 5.60. The minimum Gasteiger partial charge on any atom is -0.382 e. The average molecular weight is 152 g/mol. The number of rotatable bonds is 1. The standard InChI is InChI=1S/C5H8N6/c1-7-10-3-9-5-8-2-4(6)11(5)10/h2-3,7H,6H2,1H3. The van der Waals surface area contributed by atoms with Crippen molar-refractivity contribution >= 4 is 11.6 Å². The van der Waals surface area contributed by atoms with Gasteiger partial charge in [0.15, 0.2) is 0 Å². The lowest BCUT2D eigenvalue weighted by molar-refractivity contribution is 0.728. The number of imidazole rings is 1. The maximum Gasteiger partial charge on any atom is 0.254 e. The molecule has 2 aromatic heterocycles. The van der Waals surface area contributed by atoms with Gasteiger partial charge in [-0.05, 0) is 0 Å². The summed E-state index contributed by atoms with van der Waals surface area (Å²) < 4.78 is 1.67. The van der Waals surface area contributed by atoms with Gasteiger partial charge in [0.05, 0.1) is 6.20 Å². The predicted molar refractivity (Wildman–Crippen MR) is 40.7 cm³/mol. The molecule has 0 saturated heterocycles. The van der Waals surface area contributed by atoms with Gasteiger partial charge >= 0.3 is 0 Å². The van der Waals surface area contributed by atoms with Crippen molar-refractivity contribution < 1.29 is 0 Å². The largest absolute Gasteiger partial charge is 0.382 e. The van der Waals surface area contributed by atoms with Crippen LogP contribution in [-0.2, 0) is 0 Å². The molecule has 0 atom stereocenters. The molecule has 6 heteroatoms. The molecule has 3 N–H and O–H groups in total. The van der Waals surface area contributed by atoms with E-state index in [2.05, 4.69) is 15.4 Å². The maximum absolute atomic E-state index is 5.60. The molecule has 2 aromatic rings. The van der Waals surface area contributed by atoms with Crippen molar-refractivity contribution in [2.24, 2.45) is 0 Å². The summed E-state index contributed by atoms with van der Waals surface area (Å²) in [7, 11) is 1.78. The van der Waals surface area contributed by atoms with Crippen molar-refractivity contribution in [1.29, 1.82) is 0 Å². The highest BCUT2D eigenvalue weighted by atomic mass is 15.6. The minimum atomic E-state index is 0.562. The Morgan fingerprint density at radius 1 is 1.55 bits per heavy atom. The monoisotopic (exact) mass is 152 g/mol. The third-order valence-corrected chi connectivity index (χ3v) is 1.47. The van der Waals surface area contributed by atoms with Gasteiger partial charge in [0, 0.05) is 7.05 Å². The average Bonchev–Trinajstić information content (AvgIpc) is 2.54. The molecule has 0 saturated carbocycles. The molecule has 58 valence electrons. The van der Waals surface area contributed by atoms with E-state index in [4.69, 9.17) is 5.73 Å². The summed E-state index contributed by atoms with van der Waals surface area (Å²) in [5.41, 5.74) is 8.47. The molecule has 0 amide bonds. The van der Waals surface area contributed by atoms with E-state index in [1.54, 1.807) is 28.9 Å². The smallest absolute Gasteiger partial charge is 0.254 e. The second-order valence-corrected chi connectivity index (χ2v) is 2.11. The lowest BCUT2D eigenvalue weighted by Crippen LogP contribution is -2.14. The molecule has 6 nitrogen and oxygen atoms in total. The molecule has 0 aliphatic heterocycles. The third-order valence-electron chi connectivity index (χ3n) is 1.47. The van der Waals surface area contributed by atoms with Crippen LogP contribution >= 0.6 is 0 Å². The predicted octanol–water partition coefficient (Wildman–Crippen LogP) is -0.714.